The van der Waals surface area contributed by atoms with Crippen LogP contribution < -0.4 is 10.6 Å². The number of anilines is 1. The number of carboxylic acids is 1. The summed E-state index contributed by atoms with van der Waals surface area (Å²) in [7, 11) is 0. The van der Waals surface area contributed by atoms with E-state index in [9.17, 15) is 18.4 Å². The first-order chi connectivity index (χ1) is 9.66. The van der Waals surface area contributed by atoms with Crippen molar-refractivity contribution in [1.29, 1.82) is 0 Å². The number of carboxylic acid groups (broad SMARTS) is 1. The van der Waals surface area contributed by atoms with Gasteiger partial charge in [0.1, 0.15) is 11.6 Å². The molecule has 21 heavy (non-hydrogen) atoms. The van der Waals surface area contributed by atoms with Crippen molar-refractivity contribution in [3.05, 3.63) is 29.3 Å². The molecule has 0 aliphatic heterocycles. The number of halogens is 2. The molecule has 1 aromatic carbocycles. The second-order valence-corrected chi connectivity index (χ2v) is 6.40. The standard InChI is InChI=1S/C13H16F2N2O3S/c1-13(2,21-3)6-16-12(20)17-10-4-7(11(18)19)8(14)5-9(10)15/h4-5H,6H2,1-3H3,(H,18,19)(H2,16,17,20). The summed E-state index contributed by atoms with van der Waals surface area (Å²) in [4.78, 5) is 22.4. The maximum atomic E-state index is 13.5. The molecule has 116 valence electrons. The monoisotopic (exact) mass is 318 g/mol. The van der Waals surface area contributed by atoms with Crippen molar-refractivity contribution in [1.82, 2.24) is 5.32 Å². The number of aromatic carboxylic acids is 1. The Kier molecular flexibility index (Phi) is 5.54. The highest BCUT2D eigenvalue weighted by Crippen LogP contribution is 2.21. The number of amides is 2. The topological polar surface area (TPSA) is 78.4 Å². The van der Waals surface area contributed by atoms with Crippen molar-refractivity contribution in [2.75, 3.05) is 18.1 Å². The summed E-state index contributed by atoms with van der Waals surface area (Å²) in [5.74, 6) is -3.79. The van der Waals surface area contributed by atoms with Gasteiger partial charge in [0, 0.05) is 17.4 Å². The Bertz CT molecular complexity index is 565. The zero-order valence-corrected chi connectivity index (χ0v) is 12.6. The first kappa shape index (κ1) is 17.2. The third-order valence-corrected chi connectivity index (χ3v) is 4.01. The molecule has 2 amide bonds. The second kappa shape index (κ2) is 6.75. The van der Waals surface area contributed by atoms with Crippen molar-refractivity contribution in [2.45, 2.75) is 18.6 Å². The van der Waals surface area contributed by atoms with Gasteiger partial charge in [0.05, 0.1) is 11.3 Å². The van der Waals surface area contributed by atoms with Crippen LogP contribution in [-0.2, 0) is 0 Å². The van der Waals surface area contributed by atoms with Crippen molar-refractivity contribution in [3.63, 3.8) is 0 Å². The Morgan fingerprint density at radius 1 is 1.29 bits per heavy atom. The molecule has 5 nitrogen and oxygen atoms in total. The maximum Gasteiger partial charge on any atom is 0.338 e. The highest BCUT2D eigenvalue weighted by molar-refractivity contribution is 7.99. The highest BCUT2D eigenvalue weighted by Gasteiger charge is 2.19. The lowest BCUT2D eigenvalue weighted by molar-refractivity contribution is 0.0692. The van der Waals surface area contributed by atoms with Crippen molar-refractivity contribution >= 4 is 29.4 Å². The van der Waals surface area contributed by atoms with Crippen molar-refractivity contribution in [3.8, 4) is 0 Å². The van der Waals surface area contributed by atoms with Crippen molar-refractivity contribution in [2.24, 2.45) is 0 Å². The fourth-order valence-corrected chi connectivity index (χ4v) is 1.56. The maximum absolute atomic E-state index is 13.5. The fraction of sp³-hybridized carbons (Fsp3) is 0.385. The third kappa shape index (κ3) is 4.89. The Morgan fingerprint density at radius 2 is 1.90 bits per heavy atom. The Balaban J connectivity index is 2.81. The largest absolute Gasteiger partial charge is 0.478 e. The van der Waals surface area contributed by atoms with Crippen LogP contribution in [-0.4, -0.2) is 34.7 Å². The molecule has 1 aromatic rings. The van der Waals surface area contributed by atoms with E-state index >= 15 is 0 Å². The van der Waals surface area contributed by atoms with Crippen LogP contribution >= 0.6 is 11.8 Å². The van der Waals surface area contributed by atoms with Gasteiger partial charge in [-0.2, -0.15) is 11.8 Å². The van der Waals surface area contributed by atoms with E-state index in [1.807, 2.05) is 20.1 Å². The Hall–Kier alpha value is -1.83. The molecule has 0 bridgehead atoms. The fourth-order valence-electron chi connectivity index (χ4n) is 1.34. The average molecular weight is 318 g/mol. The molecule has 0 unspecified atom stereocenters. The van der Waals surface area contributed by atoms with Crippen LogP contribution in [0.2, 0.25) is 0 Å². The molecule has 0 heterocycles. The van der Waals surface area contributed by atoms with Crippen LogP contribution in [0.15, 0.2) is 12.1 Å². The normalized spacial score (nSPS) is 11.1. The van der Waals surface area contributed by atoms with E-state index < -0.39 is 34.9 Å². The summed E-state index contributed by atoms with van der Waals surface area (Å²) in [5.41, 5.74) is -1.11. The van der Waals surface area contributed by atoms with E-state index in [0.717, 1.165) is 6.07 Å². The van der Waals surface area contributed by atoms with E-state index in [0.29, 0.717) is 12.6 Å². The summed E-state index contributed by atoms with van der Waals surface area (Å²) < 4.78 is 26.5. The zero-order valence-electron chi connectivity index (χ0n) is 11.8. The minimum atomic E-state index is -1.54. The lowest BCUT2D eigenvalue weighted by Crippen LogP contribution is -2.38. The average Bonchev–Trinajstić information content (AvgIpc) is 2.39. The number of nitrogens with one attached hydrogen (secondary N) is 2. The van der Waals surface area contributed by atoms with Gasteiger partial charge in [-0.05, 0) is 26.2 Å². The van der Waals surface area contributed by atoms with Gasteiger partial charge in [-0.3, -0.25) is 0 Å². The van der Waals surface area contributed by atoms with Crippen LogP contribution in [0, 0.1) is 11.6 Å². The Labute approximate surface area is 125 Å². The lowest BCUT2D eigenvalue weighted by Gasteiger charge is -2.22. The van der Waals surface area contributed by atoms with Gasteiger partial charge < -0.3 is 15.7 Å². The number of urea groups is 1. The minimum Gasteiger partial charge on any atom is -0.478 e. The van der Waals surface area contributed by atoms with Gasteiger partial charge in [0.15, 0.2) is 0 Å². The molecular formula is C13H16F2N2O3S. The van der Waals surface area contributed by atoms with Crippen LogP contribution in [0.25, 0.3) is 0 Å². The smallest absolute Gasteiger partial charge is 0.338 e. The number of hydrogen-bond donors (Lipinski definition) is 3. The number of carbonyl (C=O) groups is 2. The van der Waals surface area contributed by atoms with E-state index in [2.05, 4.69) is 10.6 Å². The first-order valence-corrected chi connectivity index (χ1v) is 7.21. The molecule has 1 rings (SSSR count). The second-order valence-electron chi connectivity index (χ2n) is 4.89. The van der Waals surface area contributed by atoms with Gasteiger partial charge in [0.25, 0.3) is 0 Å². The lowest BCUT2D eigenvalue weighted by atomic mass is 10.2. The van der Waals surface area contributed by atoms with Gasteiger partial charge >= 0.3 is 12.0 Å². The predicted molar refractivity (Wildman–Crippen MR) is 77.9 cm³/mol. The summed E-state index contributed by atoms with van der Waals surface area (Å²) >= 11 is 1.54. The number of hydrogen-bond acceptors (Lipinski definition) is 3. The molecule has 0 fully saturated rings. The molecule has 0 radical (unpaired) electrons. The molecule has 0 aliphatic rings. The molecule has 3 N–H and O–H groups in total. The van der Waals surface area contributed by atoms with E-state index in [1.165, 1.54) is 0 Å². The number of benzene rings is 1. The molecular weight excluding hydrogens is 302 g/mol. The molecule has 0 saturated carbocycles. The zero-order chi connectivity index (χ0) is 16.2. The Morgan fingerprint density at radius 3 is 2.43 bits per heavy atom. The number of thioether (sulfide) groups is 1. The van der Waals surface area contributed by atoms with E-state index in [-0.39, 0.29) is 4.75 Å². The molecule has 0 aromatic heterocycles. The predicted octanol–water partition coefficient (Wildman–Crippen LogP) is 2.93. The summed E-state index contributed by atoms with van der Waals surface area (Å²) in [6, 6.07) is 0.468. The third-order valence-electron chi connectivity index (χ3n) is 2.76. The molecule has 0 spiro atoms. The molecule has 8 heteroatoms. The summed E-state index contributed by atoms with van der Waals surface area (Å²) in [6.45, 7) is 4.16. The SMILES string of the molecule is CSC(C)(C)CNC(=O)Nc1cc(C(=O)O)c(F)cc1F. The molecule has 0 atom stereocenters. The molecule has 0 aliphatic carbocycles. The quantitative estimate of drug-likeness (QED) is 0.780. The van der Waals surface area contributed by atoms with Gasteiger partial charge in [-0.15, -0.1) is 0 Å². The minimum absolute atomic E-state index is 0.203. The van der Waals surface area contributed by atoms with E-state index in [1.54, 1.807) is 11.8 Å². The van der Waals surface area contributed by atoms with Gasteiger partial charge in [-0.25, -0.2) is 18.4 Å². The number of carbonyl (C=O) groups excluding carboxylic acids is 1. The van der Waals surface area contributed by atoms with Crippen LogP contribution in [0.1, 0.15) is 24.2 Å². The van der Waals surface area contributed by atoms with Crippen LogP contribution in [0.3, 0.4) is 0 Å². The summed E-state index contributed by atoms with van der Waals surface area (Å²) in [6.07, 6.45) is 1.89. The van der Waals surface area contributed by atoms with E-state index in [4.69, 9.17) is 5.11 Å². The van der Waals surface area contributed by atoms with Gasteiger partial charge in [0.2, 0.25) is 0 Å². The highest BCUT2D eigenvalue weighted by atomic mass is 32.2. The first-order valence-electron chi connectivity index (χ1n) is 5.98. The van der Waals surface area contributed by atoms with Crippen molar-refractivity contribution < 1.29 is 23.5 Å². The summed E-state index contributed by atoms with van der Waals surface area (Å²) in [5, 5.41) is 13.5. The molecule has 0 saturated heterocycles. The van der Waals surface area contributed by atoms with Crippen LogP contribution in [0.5, 0.6) is 0 Å². The van der Waals surface area contributed by atoms with Gasteiger partial charge in [-0.1, -0.05) is 0 Å². The van der Waals surface area contributed by atoms with Crippen LogP contribution in [0.4, 0.5) is 19.3 Å². The number of rotatable bonds is 5.